The van der Waals surface area contributed by atoms with Gasteiger partial charge in [-0.2, -0.15) is 0 Å². The van der Waals surface area contributed by atoms with Crippen LogP contribution in [0, 0.1) is 12.8 Å². The van der Waals surface area contributed by atoms with Crippen LogP contribution in [0.4, 0.5) is 0 Å². The number of carbonyl (C=O) groups is 2. The molecule has 0 aliphatic carbocycles. The number of ether oxygens (including phenoxy) is 2. The number of nitrogens with one attached hydrogen (secondary N) is 1. The lowest BCUT2D eigenvalue weighted by Gasteiger charge is -2.31. The fourth-order valence-corrected chi connectivity index (χ4v) is 3.72. The number of fused-ring (bicyclic) bond motifs is 1. The minimum atomic E-state index is -0.501. The van der Waals surface area contributed by atoms with Crippen LogP contribution in [0.25, 0.3) is 0 Å². The van der Waals surface area contributed by atoms with Crippen molar-refractivity contribution in [3.63, 3.8) is 0 Å². The van der Waals surface area contributed by atoms with Crippen LogP contribution in [-0.4, -0.2) is 36.1 Å². The molecule has 0 aromatic heterocycles. The number of rotatable bonds is 10. The molecule has 3 rings (SSSR count). The molecular weight excluding hydrogens is 404 g/mol. The highest BCUT2D eigenvalue weighted by Crippen LogP contribution is 2.32. The molecule has 0 spiro atoms. The monoisotopic (exact) mass is 438 g/mol. The summed E-state index contributed by atoms with van der Waals surface area (Å²) in [5, 5.41) is 3.00. The Labute approximate surface area is 190 Å². The Kier molecular flexibility index (Phi) is 8.14. The molecule has 0 saturated carbocycles. The highest BCUT2D eigenvalue weighted by molar-refractivity contribution is 5.87. The van der Waals surface area contributed by atoms with E-state index >= 15 is 0 Å². The second-order valence-corrected chi connectivity index (χ2v) is 8.76. The van der Waals surface area contributed by atoms with Crippen molar-refractivity contribution in [2.45, 2.75) is 59.5 Å². The summed E-state index contributed by atoms with van der Waals surface area (Å²) in [6.07, 6.45) is 1.45. The first-order valence-electron chi connectivity index (χ1n) is 11.4. The molecule has 0 saturated heterocycles. The average molecular weight is 439 g/mol. The van der Waals surface area contributed by atoms with Gasteiger partial charge in [0.05, 0.1) is 0 Å². The molecule has 2 amide bonds. The lowest BCUT2D eigenvalue weighted by molar-refractivity contribution is -0.141. The maximum absolute atomic E-state index is 13.4. The number of hydrogen-bond acceptors (Lipinski definition) is 4. The predicted molar refractivity (Wildman–Crippen MR) is 125 cm³/mol. The third kappa shape index (κ3) is 6.25. The summed E-state index contributed by atoms with van der Waals surface area (Å²) in [6.45, 7) is 9.33. The highest BCUT2D eigenvalue weighted by Gasteiger charge is 2.28. The van der Waals surface area contributed by atoms with Crippen LogP contribution in [-0.2, 0) is 22.6 Å². The quantitative estimate of drug-likeness (QED) is 0.603. The van der Waals surface area contributed by atoms with Crippen molar-refractivity contribution in [1.29, 1.82) is 0 Å². The van der Waals surface area contributed by atoms with Gasteiger partial charge in [-0.15, -0.1) is 0 Å². The van der Waals surface area contributed by atoms with Crippen LogP contribution < -0.4 is 14.8 Å². The zero-order valence-electron chi connectivity index (χ0n) is 19.5. The number of hydrogen-bond donors (Lipinski definition) is 1. The zero-order valence-corrected chi connectivity index (χ0v) is 19.5. The number of benzene rings is 2. The molecule has 0 bridgehead atoms. The second kappa shape index (κ2) is 11.0. The molecular formula is C26H34N2O4. The van der Waals surface area contributed by atoms with Gasteiger partial charge in [-0.05, 0) is 48.9 Å². The molecule has 1 N–H and O–H groups in total. The van der Waals surface area contributed by atoms with E-state index < -0.39 is 6.04 Å². The van der Waals surface area contributed by atoms with Crippen molar-refractivity contribution in [3.05, 3.63) is 59.2 Å². The zero-order chi connectivity index (χ0) is 23.1. The van der Waals surface area contributed by atoms with E-state index in [1.807, 2.05) is 56.3 Å². The molecule has 32 heavy (non-hydrogen) atoms. The van der Waals surface area contributed by atoms with Crippen molar-refractivity contribution in [3.8, 4) is 11.5 Å². The summed E-state index contributed by atoms with van der Waals surface area (Å²) in [4.78, 5) is 28.0. The molecule has 2 aromatic carbocycles. The van der Waals surface area contributed by atoms with Gasteiger partial charge in [0.25, 0.3) is 0 Å². The predicted octanol–water partition coefficient (Wildman–Crippen LogP) is 4.24. The summed E-state index contributed by atoms with van der Waals surface area (Å²) in [5.41, 5.74) is 3.19. The van der Waals surface area contributed by atoms with E-state index in [0.29, 0.717) is 44.0 Å². The molecule has 6 heteroatoms. The molecule has 1 aliphatic heterocycles. The van der Waals surface area contributed by atoms with Gasteiger partial charge in [-0.3, -0.25) is 9.59 Å². The van der Waals surface area contributed by atoms with Crippen LogP contribution in [0.5, 0.6) is 11.5 Å². The van der Waals surface area contributed by atoms with Crippen molar-refractivity contribution in [1.82, 2.24) is 10.2 Å². The topological polar surface area (TPSA) is 67.9 Å². The summed E-state index contributed by atoms with van der Waals surface area (Å²) >= 11 is 0. The van der Waals surface area contributed by atoms with Crippen LogP contribution in [0.15, 0.2) is 42.5 Å². The summed E-state index contributed by atoms with van der Waals surface area (Å²) in [6, 6.07) is 13.4. The van der Waals surface area contributed by atoms with Crippen LogP contribution in [0.1, 0.15) is 50.3 Å². The highest BCUT2D eigenvalue weighted by atomic mass is 16.7. The number of carbonyl (C=O) groups excluding carboxylic acids is 2. The Morgan fingerprint density at radius 1 is 1.03 bits per heavy atom. The third-order valence-electron chi connectivity index (χ3n) is 5.61. The molecule has 6 nitrogen and oxygen atoms in total. The lowest BCUT2D eigenvalue weighted by atomic mass is 10.0. The minimum absolute atomic E-state index is 0.0326. The molecule has 0 fully saturated rings. The Morgan fingerprint density at radius 2 is 1.72 bits per heavy atom. The summed E-state index contributed by atoms with van der Waals surface area (Å²) in [7, 11) is 0. The van der Waals surface area contributed by atoms with Crippen LogP contribution in [0.3, 0.4) is 0 Å². The van der Waals surface area contributed by atoms with Gasteiger partial charge in [0.1, 0.15) is 6.04 Å². The van der Waals surface area contributed by atoms with E-state index in [9.17, 15) is 9.59 Å². The van der Waals surface area contributed by atoms with Gasteiger partial charge < -0.3 is 19.7 Å². The third-order valence-corrected chi connectivity index (χ3v) is 5.61. The Morgan fingerprint density at radius 3 is 2.41 bits per heavy atom. The van der Waals surface area contributed by atoms with Gasteiger partial charge in [0.15, 0.2) is 11.5 Å². The van der Waals surface area contributed by atoms with Crippen molar-refractivity contribution < 1.29 is 19.1 Å². The fraction of sp³-hybridized carbons (Fsp3) is 0.462. The summed E-state index contributed by atoms with van der Waals surface area (Å²) < 4.78 is 10.8. The van der Waals surface area contributed by atoms with Crippen LogP contribution in [0.2, 0.25) is 0 Å². The molecule has 1 heterocycles. The Bertz CT molecular complexity index is 924. The number of aryl methyl sites for hydroxylation is 2. The van der Waals surface area contributed by atoms with Crippen molar-refractivity contribution in [2.75, 3.05) is 13.3 Å². The fourth-order valence-electron chi connectivity index (χ4n) is 3.72. The van der Waals surface area contributed by atoms with Gasteiger partial charge in [-0.25, -0.2) is 0 Å². The molecule has 1 atom stereocenters. The van der Waals surface area contributed by atoms with E-state index in [2.05, 4.69) is 19.2 Å². The van der Waals surface area contributed by atoms with Crippen LogP contribution >= 0.6 is 0 Å². The SMILES string of the molecule is CC[C@@H](C(=O)NCC(C)C)N(Cc1ccc(C)cc1)C(=O)CCc1ccc2c(c1)OCO2. The maximum atomic E-state index is 13.4. The Hall–Kier alpha value is -3.02. The van der Waals surface area contributed by atoms with Crippen molar-refractivity contribution >= 4 is 11.8 Å². The summed E-state index contributed by atoms with van der Waals surface area (Å²) in [5.74, 6) is 1.67. The number of amides is 2. The molecule has 2 aromatic rings. The van der Waals surface area contributed by atoms with Gasteiger partial charge >= 0.3 is 0 Å². The van der Waals surface area contributed by atoms with E-state index in [0.717, 1.165) is 22.4 Å². The number of nitrogens with zero attached hydrogens (tertiary/aromatic N) is 1. The van der Waals surface area contributed by atoms with Gasteiger partial charge in [-0.1, -0.05) is 56.7 Å². The normalized spacial score (nSPS) is 13.2. The van der Waals surface area contributed by atoms with Gasteiger partial charge in [0.2, 0.25) is 18.6 Å². The molecule has 172 valence electrons. The van der Waals surface area contributed by atoms with Gasteiger partial charge in [0, 0.05) is 19.5 Å². The first-order valence-corrected chi connectivity index (χ1v) is 11.4. The van der Waals surface area contributed by atoms with E-state index in [-0.39, 0.29) is 18.6 Å². The molecule has 1 aliphatic rings. The molecule has 0 radical (unpaired) electrons. The van der Waals surface area contributed by atoms with E-state index in [4.69, 9.17) is 9.47 Å². The smallest absolute Gasteiger partial charge is 0.242 e. The average Bonchev–Trinajstić information content (AvgIpc) is 3.25. The standard InChI is InChI=1S/C26H34N2O4/c1-5-22(26(30)27-15-18(2)3)28(16-21-8-6-19(4)7-9-21)25(29)13-11-20-10-12-23-24(14-20)32-17-31-23/h6-10,12,14,18,22H,5,11,13,15-17H2,1-4H3,(H,27,30)/t22-/m0/s1. The molecule has 0 unspecified atom stereocenters. The largest absolute Gasteiger partial charge is 0.454 e. The van der Waals surface area contributed by atoms with E-state index in [1.54, 1.807) is 4.90 Å². The minimum Gasteiger partial charge on any atom is -0.454 e. The maximum Gasteiger partial charge on any atom is 0.242 e. The second-order valence-electron chi connectivity index (χ2n) is 8.76. The first kappa shape index (κ1) is 23.6. The van der Waals surface area contributed by atoms with E-state index in [1.165, 1.54) is 0 Å². The van der Waals surface area contributed by atoms with Crippen molar-refractivity contribution in [2.24, 2.45) is 5.92 Å². The Balaban J connectivity index is 1.74. The lowest BCUT2D eigenvalue weighted by Crippen LogP contribution is -2.49. The first-order chi connectivity index (χ1) is 15.4.